The predicted octanol–water partition coefficient (Wildman–Crippen LogP) is 4.01. The Morgan fingerprint density at radius 2 is 1.72 bits per heavy atom. The first-order chi connectivity index (χ1) is 12.1. The highest BCUT2D eigenvalue weighted by molar-refractivity contribution is 5.81. The van der Waals surface area contributed by atoms with Gasteiger partial charge in [-0.05, 0) is 48.7 Å². The Morgan fingerprint density at radius 3 is 2.28 bits per heavy atom. The molecule has 0 saturated carbocycles. The highest BCUT2D eigenvalue weighted by atomic mass is 16.5. The summed E-state index contributed by atoms with van der Waals surface area (Å²) in [5.41, 5.74) is 2.08. The van der Waals surface area contributed by atoms with Crippen LogP contribution >= 0.6 is 0 Å². The number of hydrogen-bond donors (Lipinski definition) is 0. The lowest BCUT2D eigenvalue weighted by molar-refractivity contribution is -0.123. The average Bonchev–Trinajstić information content (AvgIpc) is 2.63. The molecule has 0 bridgehead atoms. The Morgan fingerprint density at radius 1 is 1.04 bits per heavy atom. The third-order valence-corrected chi connectivity index (χ3v) is 3.91. The monoisotopic (exact) mass is 340 g/mol. The maximum atomic E-state index is 12.0. The summed E-state index contributed by atoms with van der Waals surface area (Å²) in [7, 11) is 3.21. The first-order valence-electron chi connectivity index (χ1n) is 8.15. The number of methoxy groups -OCH3 is 2. The van der Waals surface area contributed by atoms with Crippen LogP contribution in [-0.4, -0.2) is 26.1 Å². The van der Waals surface area contributed by atoms with E-state index in [0.717, 1.165) is 23.3 Å². The fourth-order valence-corrected chi connectivity index (χ4v) is 2.50. The number of benzene rings is 2. The Labute approximate surface area is 149 Å². The highest BCUT2D eigenvalue weighted by Gasteiger charge is 2.19. The van der Waals surface area contributed by atoms with Crippen LogP contribution in [0.1, 0.15) is 18.1 Å². The molecule has 2 aromatic rings. The lowest BCUT2D eigenvalue weighted by atomic mass is 10.0. The Balaban J connectivity index is 2.17. The fraction of sp³-hybridized carbons (Fsp3) is 0.286. The van der Waals surface area contributed by atoms with E-state index in [-0.39, 0.29) is 5.78 Å². The molecule has 25 heavy (non-hydrogen) atoms. The van der Waals surface area contributed by atoms with Crippen molar-refractivity contribution >= 4 is 5.78 Å². The predicted molar refractivity (Wildman–Crippen MR) is 98.7 cm³/mol. The van der Waals surface area contributed by atoms with Gasteiger partial charge in [-0.3, -0.25) is 4.79 Å². The number of hydrogen-bond acceptors (Lipinski definition) is 4. The van der Waals surface area contributed by atoms with Crippen molar-refractivity contribution in [3.8, 4) is 17.2 Å². The third-order valence-electron chi connectivity index (χ3n) is 3.91. The molecule has 0 aliphatic heterocycles. The Bertz CT molecular complexity index is 719. The van der Waals surface area contributed by atoms with Crippen LogP contribution in [0.3, 0.4) is 0 Å². The van der Waals surface area contributed by atoms with Crippen LogP contribution < -0.4 is 14.2 Å². The van der Waals surface area contributed by atoms with E-state index in [0.29, 0.717) is 17.9 Å². The summed E-state index contributed by atoms with van der Waals surface area (Å²) >= 11 is 0. The van der Waals surface area contributed by atoms with Crippen LogP contribution in [0.5, 0.6) is 17.2 Å². The van der Waals surface area contributed by atoms with Gasteiger partial charge in [0, 0.05) is 6.42 Å². The SMILES string of the molecule is C=CCc1ccc(OC(Cc2ccc(OC)cc2)C(C)=O)c(OC)c1. The van der Waals surface area contributed by atoms with E-state index in [1.165, 1.54) is 6.92 Å². The molecule has 0 spiro atoms. The molecule has 0 aliphatic rings. The molecule has 4 nitrogen and oxygen atoms in total. The van der Waals surface area contributed by atoms with Gasteiger partial charge in [0.25, 0.3) is 0 Å². The summed E-state index contributed by atoms with van der Waals surface area (Å²) in [6.45, 7) is 5.27. The second-order valence-corrected chi connectivity index (χ2v) is 5.75. The van der Waals surface area contributed by atoms with Gasteiger partial charge in [0.15, 0.2) is 23.4 Å². The Hall–Kier alpha value is -2.75. The lowest BCUT2D eigenvalue weighted by Crippen LogP contribution is -2.27. The molecule has 0 heterocycles. The van der Waals surface area contributed by atoms with Gasteiger partial charge in [0.2, 0.25) is 0 Å². The number of ketones is 1. The summed E-state index contributed by atoms with van der Waals surface area (Å²) in [5, 5.41) is 0. The molecule has 0 aromatic heterocycles. The summed E-state index contributed by atoms with van der Waals surface area (Å²) in [6.07, 6.45) is 2.49. The van der Waals surface area contributed by atoms with Crippen LogP contribution in [0.2, 0.25) is 0 Å². The molecular formula is C21H24O4. The van der Waals surface area contributed by atoms with E-state index >= 15 is 0 Å². The lowest BCUT2D eigenvalue weighted by Gasteiger charge is -2.19. The molecule has 4 heteroatoms. The summed E-state index contributed by atoms with van der Waals surface area (Å²) in [5.74, 6) is 1.92. The molecule has 0 N–H and O–H groups in total. The zero-order chi connectivity index (χ0) is 18.2. The van der Waals surface area contributed by atoms with Gasteiger partial charge in [-0.15, -0.1) is 6.58 Å². The zero-order valence-electron chi connectivity index (χ0n) is 15.0. The number of rotatable bonds is 9. The molecule has 0 amide bonds. The highest BCUT2D eigenvalue weighted by Crippen LogP contribution is 2.30. The average molecular weight is 340 g/mol. The third kappa shape index (κ3) is 5.11. The first-order valence-corrected chi connectivity index (χ1v) is 8.15. The summed E-state index contributed by atoms with van der Waals surface area (Å²) in [6, 6.07) is 13.3. The van der Waals surface area contributed by atoms with E-state index in [1.807, 2.05) is 48.5 Å². The molecule has 0 saturated heterocycles. The number of ether oxygens (including phenoxy) is 3. The van der Waals surface area contributed by atoms with Crippen molar-refractivity contribution in [3.63, 3.8) is 0 Å². The van der Waals surface area contributed by atoms with Gasteiger partial charge >= 0.3 is 0 Å². The van der Waals surface area contributed by atoms with Crippen LogP contribution in [0, 0.1) is 0 Å². The van der Waals surface area contributed by atoms with E-state index in [4.69, 9.17) is 14.2 Å². The van der Waals surface area contributed by atoms with Crippen LogP contribution in [-0.2, 0) is 17.6 Å². The number of Topliss-reactive ketones (excluding diaryl/α,β-unsaturated/α-hetero) is 1. The Kier molecular flexibility index (Phi) is 6.63. The normalized spacial score (nSPS) is 11.5. The fourth-order valence-electron chi connectivity index (χ4n) is 2.50. The van der Waals surface area contributed by atoms with Crippen molar-refractivity contribution in [3.05, 3.63) is 66.2 Å². The van der Waals surface area contributed by atoms with Gasteiger partial charge < -0.3 is 14.2 Å². The first kappa shape index (κ1) is 18.6. The summed E-state index contributed by atoms with van der Waals surface area (Å²) in [4.78, 5) is 12.0. The van der Waals surface area contributed by atoms with E-state index in [1.54, 1.807) is 14.2 Å². The summed E-state index contributed by atoms with van der Waals surface area (Å²) < 4.78 is 16.5. The van der Waals surface area contributed by atoms with E-state index < -0.39 is 6.10 Å². The van der Waals surface area contributed by atoms with Crippen molar-refractivity contribution in [1.29, 1.82) is 0 Å². The van der Waals surface area contributed by atoms with Crippen LogP contribution in [0.15, 0.2) is 55.1 Å². The van der Waals surface area contributed by atoms with Gasteiger partial charge in [0.1, 0.15) is 5.75 Å². The van der Waals surface area contributed by atoms with E-state index in [2.05, 4.69) is 6.58 Å². The maximum absolute atomic E-state index is 12.0. The van der Waals surface area contributed by atoms with Crippen molar-refractivity contribution in [1.82, 2.24) is 0 Å². The largest absolute Gasteiger partial charge is 0.497 e. The van der Waals surface area contributed by atoms with Crippen molar-refractivity contribution in [2.75, 3.05) is 14.2 Å². The maximum Gasteiger partial charge on any atom is 0.170 e. The molecule has 2 rings (SSSR count). The molecule has 0 fully saturated rings. The second-order valence-electron chi connectivity index (χ2n) is 5.75. The van der Waals surface area contributed by atoms with Gasteiger partial charge in [0.05, 0.1) is 14.2 Å². The van der Waals surface area contributed by atoms with Crippen LogP contribution in [0.4, 0.5) is 0 Å². The standard InChI is InChI=1S/C21H24O4/c1-5-6-16-9-12-19(21(14-16)24-4)25-20(15(2)22)13-17-7-10-18(23-3)11-8-17/h5,7-12,14,20H,1,6,13H2,2-4H3. The van der Waals surface area contributed by atoms with Gasteiger partial charge in [-0.1, -0.05) is 24.3 Å². The minimum Gasteiger partial charge on any atom is -0.497 e. The number of carbonyl (C=O) groups excluding carboxylic acids is 1. The number of allylic oxidation sites excluding steroid dienone is 1. The molecule has 2 aromatic carbocycles. The molecular weight excluding hydrogens is 316 g/mol. The molecule has 0 aliphatic carbocycles. The van der Waals surface area contributed by atoms with Crippen molar-refractivity contribution < 1.29 is 19.0 Å². The van der Waals surface area contributed by atoms with Gasteiger partial charge in [-0.2, -0.15) is 0 Å². The second kappa shape index (κ2) is 8.92. The molecule has 132 valence electrons. The minimum absolute atomic E-state index is 0.0342. The molecule has 0 radical (unpaired) electrons. The van der Waals surface area contributed by atoms with Crippen LogP contribution in [0.25, 0.3) is 0 Å². The van der Waals surface area contributed by atoms with Gasteiger partial charge in [-0.25, -0.2) is 0 Å². The zero-order valence-corrected chi connectivity index (χ0v) is 15.0. The minimum atomic E-state index is -0.576. The molecule has 1 unspecified atom stereocenters. The quantitative estimate of drug-likeness (QED) is 0.647. The van der Waals surface area contributed by atoms with Crippen molar-refractivity contribution in [2.24, 2.45) is 0 Å². The topological polar surface area (TPSA) is 44.8 Å². The molecule has 1 atom stereocenters. The number of carbonyl (C=O) groups is 1. The van der Waals surface area contributed by atoms with Crippen molar-refractivity contribution in [2.45, 2.75) is 25.9 Å². The van der Waals surface area contributed by atoms with E-state index in [9.17, 15) is 4.79 Å². The smallest absolute Gasteiger partial charge is 0.170 e.